The number of hydrogen-bond acceptors (Lipinski definition) is 11. The Labute approximate surface area is 209 Å². The van der Waals surface area contributed by atoms with Crippen LogP contribution in [0.3, 0.4) is 0 Å². The zero-order valence-electron chi connectivity index (χ0n) is 21.2. The van der Waals surface area contributed by atoms with E-state index < -0.39 is 64.1 Å². The van der Waals surface area contributed by atoms with E-state index in [1.807, 2.05) is 0 Å². The van der Waals surface area contributed by atoms with Crippen molar-refractivity contribution < 1.29 is 50.4 Å². The van der Waals surface area contributed by atoms with E-state index in [9.17, 15) is 27.6 Å². The molecule has 36 heavy (non-hydrogen) atoms. The van der Waals surface area contributed by atoms with Gasteiger partial charge in [-0.1, -0.05) is 0 Å². The van der Waals surface area contributed by atoms with Gasteiger partial charge in [0.2, 0.25) is 0 Å². The van der Waals surface area contributed by atoms with Crippen molar-refractivity contribution in [3.05, 3.63) is 0 Å². The van der Waals surface area contributed by atoms with Crippen molar-refractivity contribution in [2.45, 2.75) is 65.1 Å². The Balaban J connectivity index is 1.83. The normalized spacial score (nSPS) is 20.2. The summed E-state index contributed by atoms with van der Waals surface area (Å²) in [5, 5.41) is 3.12. The van der Waals surface area contributed by atoms with Crippen molar-refractivity contribution in [3.63, 3.8) is 0 Å². The number of carbonyl (C=O) groups is 4. The minimum absolute atomic E-state index is 0.0545. The summed E-state index contributed by atoms with van der Waals surface area (Å²) in [7, 11) is -3.53. The molecule has 2 fully saturated rings. The lowest BCUT2D eigenvalue weighted by Gasteiger charge is -2.28. The first-order chi connectivity index (χ1) is 16.6. The number of methoxy groups -OCH3 is 1. The number of esters is 1. The minimum Gasteiger partial charge on any atom is -0.469 e. The number of alkyl carbamates (subject to hydrolysis) is 1. The smallest absolute Gasteiger partial charge is 0.421 e. The lowest BCUT2D eigenvalue weighted by Crippen LogP contribution is -2.50. The van der Waals surface area contributed by atoms with Crippen molar-refractivity contribution in [2.24, 2.45) is 5.41 Å². The summed E-state index contributed by atoms with van der Waals surface area (Å²) in [5.41, 5.74) is 0.300. The number of amides is 4. The van der Waals surface area contributed by atoms with E-state index in [0.717, 1.165) is 7.11 Å². The van der Waals surface area contributed by atoms with Gasteiger partial charge >= 0.3 is 28.5 Å². The van der Waals surface area contributed by atoms with Crippen molar-refractivity contribution in [1.82, 2.24) is 20.8 Å². The molecule has 0 aromatic heterocycles. The molecule has 2 N–H and O–H groups in total. The van der Waals surface area contributed by atoms with Crippen LogP contribution >= 0.6 is 0 Å². The van der Waals surface area contributed by atoms with Crippen LogP contribution in [0, 0.1) is 5.41 Å². The lowest BCUT2D eigenvalue weighted by atomic mass is 9.95. The highest BCUT2D eigenvalue weighted by atomic mass is 32.3. The summed E-state index contributed by atoms with van der Waals surface area (Å²) in [6.45, 7) is 7.51. The molecule has 2 unspecified atom stereocenters. The highest BCUT2D eigenvalue weighted by Gasteiger charge is 2.50. The summed E-state index contributed by atoms with van der Waals surface area (Å²) < 4.78 is 43.8. The van der Waals surface area contributed by atoms with Gasteiger partial charge in [0.25, 0.3) is 5.91 Å². The largest absolute Gasteiger partial charge is 0.469 e. The first-order valence-corrected chi connectivity index (χ1v) is 12.6. The molecular formula is C20H34N4O11S. The summed E-state index contributed by atoms with van der Waals surface area (Å²) >= 11 is 0. The van der Waals surface area contributed by atoms with Gasteiger partial charge in [-0.05, 0) is 47.5 Å². The Bertz CT molecular complexity index is 948. The number of rotatable bonds is 11. The maximum Gasteiger partial charge on any atom is 0.421 e. The Hall–Kier alpha value is -2.69. The SMILES string of the molecule is COC(=O)C(C)(C)COS(=O)(=O)ON1C(=O)N2CC1CCC2C(=O)NOCCNC(=O)OC(C)(C)C. The van der Waals surface area contributed by atoms with Crippen molar-refractivity contribution in [2.75, 3.05) is 33.4 Å². The van der Waals surface area contributed by atoms with E-state index in [2.05, 4.69) is 15.5 Å². The highest BCUT2D eigenvalue weighted by molar-refractivity contribution is 7.81. The predicted molar refractivity (Wildman–Crippen MR) is 121 cm³/mol. The van der Waals surface area contributed by atoms with Crippen LogP contribution in [0.2, 0.25) is 0 Å². The van der Waals surface area contributed by atoms with Crippen LogP contribution in [0.4, 0.5) is 9.59 Å². The molecular weight excluding hydrogens is 504 g/mol. The highest BCUT2D eigenvalue weighted by Crippen LogP contribution is 2.31. The Morgan fingerprint density at radius 3 is 2.39 bits per heavy atom. The average molecular weight is 539 g/mol. The van der Waals surface area contributed by atoms with E-state index in [0.29, 0.717) is 5.06 Å². The van der Waals surface area contributed by atoms with Crippen LogP contribution in [-0.2, 0) is 42.8 Å². The van der Waals surface area contributed by atoms with Gasteiger partial charge in [0, 0.05) is 13.1 Å². The number of nitrogens with zero attached hydrogens (tertiary/aromatic N) is 2. The van der Waals surface area contributed by atoms with Gasteiger partial charge in [-0.25, -0.2) is 19.3 Å². The van der Waals surface area contributed by atoms with Crippen molar-refractivity contribution >= 4 is 34.4 Å². The van der Waals surface area contributed by atoms with Gasteiger partial charge in [-0.2, -0.15) is 13.5 Å². The van der Waals surface area contributed by atoms with E-state index in [-0.39, 0.29) is 32.5 Å². The van der Waals surface area contributed by atoms with Gasteiger partial charge in [-0.3, -0.25) is 14.4 Å². The first kappa shape index (κ1) is 29.5. The minimum atomic E-state index is -4.69. The van der Waals surface area contributed by atoms with Gasteiger partial charge in [0.1, 0.15) is 11.6 Å². The summed E-state index contributed by atoms with van der Waals surface area (Å²) in [6, 6.07) is -2.36. The molecule has 0 spiro atoms. The molecule has 4 amide bonds. The van der Waals surface area contributed by atoms with E-state index in [1.165, 1.54) is 18.7 Å². The molecule has 2 heterocycles. The second-order valence-electron chi connectivity index (χ2n) is 9.87. The van der Waals surface area contributed by atoms with Crippen molar-refractivity contribution in [3.8, 4) is 0 Å². The predicted octanol–water partition coefficient (Wildman–Crippen LogP) is 0.220. The van der Waals surface area contributed by atoms with Crippen LogP contribution in [-0.4, -0.2) is 93.5 Å². The summed E-state index contributed by atoms with van der Waals surface area (Å²) in [6.07, 6.45) is -0.118. The van der Waals surface area contributed by atoms with E-state index >= 15 is 0 Å². The number of urea groups is 1. The number of hydrogen-bond donors (Lipinski definition) is 2. The van der Waals surface area contributed by atoms with Gasteiger partial charge in [0.05, 0.1) is 31.8 Å². The molecule has 15 nitrogen and oxygen atoms in total. The van der Waals surface area contributed by atoms with Crippen LogP contribution in [0.1, 0.15) is 47.5 Å². The first-order valence-electron chi connectivity index (χ1n) is 11.2. The number of fused-ring (bicyclic) bond motifs is 2. The fourth-order valence-corrected chi connectivity index (χ4v) is 4.25. The maximum absolute atomic E-state index is 12.8. The molecule has 2 bridgehead atoms. The quantitative estimate of drug-likeness (QED) is 0.209. The molecule has 0 radical (unpaired) electrons. The third-order valence-corrected chi connectivity index (χ3v) is 5.89. The van der Waals surface area contributed by atoms with Gasteiger partial charge in [-0.15, -0.1) is 4.28 Å². The molecule has 2 aliphatic heterocycles. The molecule has 206 valence electrons. The van der Waals surface area contributed by atoms with Crippen LogP contribution in [0.15, 0.2) is 0 Å². The van der Waals surface area contributed by atoms with Gasteiger partial charge in [0.15, 0.2) is 0 Å². The molecule has 0 aliphatic carbocycles. The third-order valence-electron chi connectivity index (χ3n) is 5.14. The van der Waals surface area contributed by atoms with Crippen LogP contribution < -0.4 is 10.8 Å². The van der Waals surface area contributed by atoms with Crippen LogP contribution in [0.5, 0.6) is 0 Å². The number of carbonyl (C=O) groups excluding carboxylic acids is 4. The second-order valence-corrected chi connectivity index (χ2v) is 11.1. The topological polar surface area (TPSA) is 179 Å². The van der Waals surface area contributed by atoms with Crippen molar-refractivity contribution in [1.29, 1.82) is 0 Å². The second kappa shape index (κ2) is 11.6. The maximum atomic E-state index is 12.8. The Morgan fingerprint density at radius 1 is 1.11 bits per heavy atom. The molecule has 0 aromatic carbocycles. The van der Waals surface area contributed by atoms with E-state index in [4.69, 9.17) is 18.0 Å². The Morgan fingerprint density at radius 2 is 1.78 bits per heavy atom. The standard InChI is InChI=1S/C20H34N4O11S/c1-19(2,3)34-17(27)21-9-10-32-22-15(25)14-8-7-13-11-23(14)18(28)24(13)35-36(29,30)33-12-20(4,5)16(26)31-6/h13-14H,7-12H2,1-6H3,(H,21,27)(H,22,25). The molecule has 2 rings (SSSR count). The zero-order valence-corrected chi connectivity index (χ0v) is 22.0. The van der Waals surface area contributed by atoms with Gasteiger partial charge < -0.3 is 19.7 Å². The molecule has 0 aromatic rings. The number of hydroxylamine groups is 3. The molecule has 2 atom stereocenters. The molecule has 2 aliphatic rings. The molecule has 0 saturated carbocycles. The molecule has 2 saturated heterocycles. The summed E-state index contributed by atoms with van der Waals surface area (Å²) in [5.74, 6) is -1.30. The monoisotopic (exact) mass is 538 g/mol. The van der Waals surface area contributed by atoms with E-state index in [1.54, 1.807) is 20.8 Å². The third kappa shape index (κ3) is 8.18. The number of piperidine rings is 1. The average Bonchev–Trinajstić information content (AvgIpc) is 3.00. The number of nitrogens with one attached hydrogen (secondary N) is 2. The Kier molecular flexibility index (Phi) is 9.50. The summed E-state index contributed by atoms with van der Waals surface area (Å²) in [4.78, 5) is 54.8. The fourth-order valence-electron chi connectivity index (χ4n) is 3.39. The van der Waals surface area contributed by atoms with Crippen LogP contribution in [0.25, 0.3) is 0 Å². The molecule has 16 heteroatoms. The fraction of sp³-hybridized carbons (Fsp3) is 0.800. The lowest BCUT2D eigenvalue weighted by molar-refractivity contribution is -0.152. The zero-order chi connectivity index (χ0) is 27.3. The number of ether oxygens (including phenoxy) is 2.